The van der Waals surface area contributed by atoms with E-state index in [1.807, 2.05) is 36.4 Å². The highest BCUT2D eigenvalue weighted by atomic mass is 19.1. The summed E-state index contributed by atoms with van der Waals surface area (Å²) in [6.45, 7) is -0.331. The Morgan fingerprint density at radius 2 is 1.62 bits per heavy atom. The fraction of sp³-hybridized carbons (Fsp3) is 0.105. The second kappa shape index (κ2) is 6.76. The molecule has 0 aromatic heterocycles. The number of nitrogens with one attached hydrogen (secondary N) is 1. The topological polar surface area (TPSA) is 49.3 Å². The van der Waals surface area contributed by atoms with Gasteiger partial charge in [-0.2, -0.15) is 0 Å². The summed E-state index contributed by atoms with van der Waals surface area (Å²) in [5.41, 5.74) is 0.577. The number of benzene rings is 3. The van der Waals surface area contributed by atoms with E-state index in [0.29, 0.717) is 11.6 Å². The van der Waals surface area contributed by atoms with Gasteiger partial charge in [-0.1, -0.05) is 36.4 Å². The van der Waals surface area contributed by atoms with Crippen molar-refractivity contribution in [1.29, 1.82) is 0 Å². The smallest absolute Gasteiger partial charge is 0.252 e. The third-order valence-electron chi connectivity index (χ3n) is 3.79. The second-order valence-corrected chi connectivity index (χ2v) is 5.47. The molecule has 2 N–H and O–H groups in total. The predicted octanol–water partition coefficient (Wildman–Crippen LogP) is 3.58. The molecule has 0 aliphatic carbocycles. The summed E-state index contributed by atoms with van der Waals surface area (Å²) >= 11 is 0. The molecule has 5 heteroatoms. The minimum Gasteiger partial charge on any atom is -0.394 e. The van der Waals surface area contributed by atoms with Crippen molar-refractivity contribution < 1.29 is 18.7 Å². The lowest BCUT2D eigenvalue weighted by molar-refractivity contribution is 0.0915. The highest BCUT2D eigenvalue weighted by Crippen LogP contribution is 2.21. The minimum atomic E-state index is -0.827. The van der Waals surface area contributed by atoms with Crippen LogP contribution in [-0.2, 0) is 0 Å². The van der Waals surface area contributed by atoms with E-state index in [4.69, 9.17) is 0 Å². The van der Waals surface area contributed by atoms with E-state index in [-0.39, 0.29) is 12.2 Å². The maximum absolute atomic E-state index is 13.2. The molecule has 0 saturated carbocycles. The molecule has 0 aliphatic heterocycles. The Hall–Kier alpha value is -2.79. The molecular formula is C19H15F2NO2. The van der Waals surface area contributed by atoms with E-state index in [1.165, 1.54) is 0 Å². The molecule has 0 saturated heterocycles. The van der Waals surface area contributed by atoms with Gasteiger partial charge in [-0.3, -0.25) is 4.79 Å². The molecule has 0 fully saturated rings. The summed E-state index contributed by atoms with van der Waals surface area (Å²) in [6.07, 6.45) is 0. The molecule has 0 radical (unpaired) electrons. The standard InChI is InChI=1S/C19H15F2NO2/c20-16-8-15(9-17(21)10-16)19(24)22-18(11-23)14-6-5-12-3-1-2-4-13(12)7-14/h1-10,18,23H,11H2,(H,22,24)/t18-/m0/s1. The van der Waals surface area contributed by atoms with Crippen molar-refractivity contribution in [3.05, 3.63) is 83.4 Å². The van der Waals surface area contributed by atoms with Crippen molar-refractivity contribution in [2.45, 2.75) is 6.04 Å². The third-order valence-corrected chi connectivity index (χ3v) is 3.79. The molecule has 3 rings (SSSR count). The van der Waals surface area contributed by atoms with E-state index in [2.05, 4.69) is 5.32 Å². The Labute approximate surface area is 137 Å². The highest BCUT2D eigenvalue weighted by Gasteiger charge is 2.16. The lowest BCUT2D eigenvalue weighted by atomic mass is 10.0. The van der Waals surface area contributed by atoms with Gasteiger partial charge in [0.2, 0.25) is 0 Å². The number of carbonyl (C=O) groups is 1. The van der Waals surface area contributed by atoms with E-state index in [0.717, 1.165) is 22.9 Å². The number of rotatable bonds is 4. The van der Waals surface area contributed by atoms with Crippen molar-refractivity contribution in [3.8, 4) is 0 Å². The number of carbonyl (C=O) groups excluding carboxylic acids is 1. The summed E-state index contributed by atoms with van der Waals surface area (Å²) in [5.74, 6) is -2.31. The number of fused-ring (bicyclic) bond motifs is 1. The minimum absolute atomic E-state index is 0.133. The van der Waals surface area contributed by atoms with Gasteiger partial charge in [0.25, 0.3) is 5.91 Å². The maximum Gasteiger partial charge on any atom is 0.252 e. The van der Waals surface area contributed by atoms with Gasteiger partial charge in [0.1, 0.15) is 11.6 Å². The largest absolute Gasteiger partial charge is 0.394 e. The Balaban J connectivity index is 1.86. The van der Waals surface area contributed by atoms with Crippen LogP contribution in [0.4, 0.5) is 8.78 Å². The molecule has 0 bridgehead atoms. The number of amides is 1. The molecule has 122 valence electrons. The van der Waals surface area contributed by atoms with Crippen molar-refractivity contribution in [1.82, 2.24) is 5.32 Å². The number of aliphatic hydroxyl groups is 1. The molecule has 1 amide bonds. The van der Waals surface area contributed by atoms with Crippen LogP contribution in [0.3, 0.4) is 0 Å². The molecule has 0 aliphatic rings. The normalized spacial score (nSPS) is 12.1. The van der Waals surface area contributed by atoms with Crippen LogP contribution < -0.4 is 5.32 Å². The van der Waals surface area contributed by atoms with Crippen molar-refractivity contribution in [3.63, 3.8) is 0 Å². The van der Waals surface area contributed by atoms with Crippen molar-refractivity contribution in [2.75, 3.05) is 6.61 Å². The fourth-order valence-electron chi connectivity index (χ4n) is 2.59. The van der Waals surface area contributed by atoms with Crippen LogP contribution >= 0.6 is 0 Å². The monoisotopic (exact) mass is 327 g/mol. The molecule has 3 aromatic rings. The van der Waals surface area contributed by atoms with Gasteiger partial charge < -0.3 is 10.4 Å². The zero-order chi connectivity index (χ0) is 17.1. The van der Waals surface area contributed by atoms with E-state index in [9.17, 15) is 18.7 Å². The van der Waals surface area contributed by atoms with Crippen LogP contribution in [0, 0.1) is 11.6 Å². The van der Waals surface area contributed by atoms with Crippen molar-refractivity contribution >= 4 is 16.7 Å². The molecule has 1 atom stereocenters. The highest BCUT2D eigenvalue weighted by molar-refractivity contribution is 5.94. The summed E-state index contributed by atoms with van der Waals surface area (Å²) < 4.78 is 26.5. The lowest BCUT2D eigenvalue weighted by Gasteiger charge is -2.17. The lowest BCUT2D eigenvalue weighted by Crippen LogP contribution is -2.30. The molecule has 24 heavy (non-hydrogen) atoms. The van der Waals surface area contributed by atoms with E-state index < -0.39 is 23.6 Å². The zero-order valence-corrected chi connectivity index (χ0v) is 12.7. The first kappa shape index (κ1) is 16.1. The summed E-state index contributed by atoms with van der Waals surface area (Å²) in [6, 6.07) is 15.2. The van der Waals surface area contributed by atoms with Crippen LogP contribution in [-0.4, -0.2) is 17.6 Å². The van der Waals surface area contributed by atoms with Crippen molar-refractivity contribution in [2.24, 2.45) is 0 Å². The van der Waals surface area contributed by atoms with Gasteiger partial charge in [0, 0.05) is 11.6 Å². The van der Waals surface area contributed by atoms with Crippen LogP contribution in [0.5, 0.6) is 0 Å². The molecule has 3 aromatic carbocycles. The van der Waals surface area contributed by atoms with Gasteiger partial charge in [-0.15, -0.1) is 0 Å². The maximum atomic E-state index is 13.2. The Bertz CT molecular complexity index is 875. The average Bonchev–Trinajstić information content (AvgIpc) is 2.58. The predicted molar refractivity (Wildman–Crippen MR) is 87.6 cm³/mol. The summed E-state index contributed by atoms with van der Waals surface area (Å²) in [4.78, 5) is 12.2. The van der Waals surface area contributed by atoms with Crippen LogP contribution in [0.25, 0.3) is 10.8 Å². The SMILES string of the molecule is O=C(N[C@@H](CO)c1ccc2ccccc2c1)c1cc(F)cc(F)c1. The fourth-order valence-corrected chi connectivity index (χ4v) is 2.59. The van der Waals surface area contributed by atoms with Gasteiger partial charge >= 0.3 is 0 Å². The van der Waals surface area contributed by atoms with E-state index >= 15 is 0 Å². The summed E-state index contributed by atoms with van der Waals surface area (Å²) in [7, 11) is 0. The Kier molecular flexibility index (Phi) is 4.53. The molecular weight excluding hydrogens is 312 g/mol. The molecule has 0 heterocycles. The number of hydrogen-bond donors (Lipinski definition) is 2. The quantitative estimate of drug-likeness (QED) is 0.769. The summed E-state index contributed by atoms with van der Waals surface area (Å²) in [5, 5.41) is 14.2. The van der Waals surface area contributed by atoms with Crippen LogP contribution in [0.2, 0.25) is 0 Å². The van der Waals surface area contributed by atoms with E-state index in [1.54, 1.807) is 6.07 Å². The van der Waals surface area contributed by atoms with Gasteiger partial charge in [0.15, 0.2) is 0 Å². The third kappa shape index (κ3) is 3.41. The van der Waals surface area contributed by atoms with Crippen LogP contribution in [0.15, 0.2) is 60.7 Å². The van der Waals surface area contributed by atoms with Gasteiger partial charge in [-0.25, -0.2) is 8.78 Å². The molecule has 0 unspecified atom stereocenters. The first-order valence-corrected chi connectivity index (χ1v) is 7.43. The Morgan fingerprint density at radius 3 is 2.29 bits per heavy atom. The zero-order valence-electron chi connectivity index (χ0n) is 12.7. The van der Waals surface area contributed by atoms with Gasteiger partial charge in [-0.05, 0) is 34.5 Å². The second-order valence-electron chi connectivity index (χ2n) is 5.47. The molecule has 3 nitrogen and oxygen atoms in total. The number of halogens is 2. The van der Waals surface area contributed by atoms with Crippen LogP contribution in [0.1, 0.15) is 22.0 Å². The number of hydrogen-bond acceptors (Lipinski definition) is 2. The number of aliphatic hydroxyl groups excluding tert-OH is 1. The first-order valence-electron chi connectivity index (χ1n) is 7.43. The van der Waals surface area contributed by atoms with Gasteiger partial charge in [0.05, 0.1) is 12.6 Å². The molecule has 0 spiro atoms. The average molecular weight is 327 g/mol. The Morgan fingerprint density at radius 1 is 0.958 bits per heavy atom. The first-order chi connectivity index (χ1) is 11.6.